The van der Waals surface area contributed by atoms with Gasteiger partial charge in [0, 0.05) is 23.9 Å². The van der Waals surface area contributed by atoms with Crippen molar-refractivity contribution >= 4 is 33.2 Å². The smallest absolute Gasteiger partial charge is 0.138 e. The quantitative estimate of drug-likeness (QED) is 0.351. The first-order valence-electron chi connectivity index (χ1n) is 10.0. The lowest BCUT2D eigenvalue weighted by Gasteiger charge is -2.10. The van der Waals surface area contributed by atoms with Crippen LogP contribution in [0, 0.1) is 5.82 Å². The second kappa shape index (κ2) is 9.66. The van der Waals surface area contributed by atoms with Gasteiger partial charge in [0.15, 0.2) is 0 Å². The summed E-state index contributed by atoms with van der Waals surface area (Å²) in [5.74, 6) is 1.44. The van der Waals surface area contributed by atoms with Crippen molar-refractivity contribution < 1.29 is 13.9 Å². The number of nitrogens with one attached hydrogen (secondary N) is 1. The van der Waals surface area contributed by atoms with Crippen LogP contribution >= 0.6 is 11.3 Å². The van der Waals surface area contributed by atoms with E-state index in [0.29, 0.717) is 19.6 Å². The van der Waals surface area contributed by atoms with Gasteiger partial charge in [0.05, 0.1) is 12.0 Å². The predicted molar refractivity (Wildman–Crippen MR) is 122 cm³/mol. The molecule has 1 N–H and O–H groups in total. The van der Waals surface area contributed by atoms with E-state index < -0.39 is 0 Å². The minimum Gasteiger partial charge on any atom is -0.494 e. The number of rotatable bonds is 9. The van der Waals surface area contributed by atoms with Gasteiger partial charge in [-0.3, -0.25) is 4.79 Å². The van der Waals surface area contributed by atoms with E-state index in [-0.39, 0.29) is 11.6 Å². The van der Waals surface area contributed by atoms with E-state index in [2.05, 4.69) is 15.3 Å². The molecule has 4 aromatic rings. The zero-order valence-corrected chi connectivity index (χ0v) is 17.9. The van der Waals surface area contributed by atoms with Gasteiger partial charge in [-0.25, -0.2) is 14.4 Å². The number of anilines is 1. The number of fused-ring (bicyclic) bond motifs is 1. The second-order valence-corrected chi connectivity index (χ2v) is 8.07. The molecule has 0 unspecified atom stereocenters. The SMILES string of the molecule is CC(=O)Cc1ccc(OCCCNc2ncnc3scc(-c4ccc(F)cc4)c23)cc1. The highest BCUT2D eigenvalue weighted by molar-refractivity contribution is 7.17. The molecule has 4 rings (SSSR count). The van der Waals surface area contributed by atoms with Crippen molar-refractivity contribution in [3.63, 3.8) is 0 Å². The number of Topliss-reactive ketones (excluding diaryl/α,β-unsaturated/α-hetero) is 1. The molecule has 0 bridgehead atoms. The second-order valence-electron chi connectivity index (χ2n) is 7.21. The molecule has 0 aliphatic rings. The van der Waals surface area contributed by atoms with Crippen LogP contribution in [0.15, 0.2) is 60.2 Å². The minimum atomic E-state index is -0.258. The average molecular weight is 436 g/mol. The number of halogens is 1. The molecular formula is C24H22FN3O2S. The summed E-state index contributed by atoms with van der Waals surface area (Å²) in [6, 6.07) is 14.1. The third-order valence-corrected chi connectivity index (χ3v) is 5.67. The normalized spacial score (nSPS) is 10.9. The molecule has 5 nitrogen and oxygen atoms in total. The molecule has 2 aromatic carbocycles. The molecule has 0 atom stereocenters. The van der Waals surface area contributed by atoms with Crippen molar-refractivity contribution in [2.45, 2.75) is 19.8 Å². The van der Waals surface area contributed by atoms with Gasteiger partial charge >= 0.3 is 0 Å². The Bertz CT molecular complexity index is 1170. The summed E-state index contributed by atoms with van der Waals surface area (Å²) >= 11 is 1.54. The van der Waals surface area contributed by atoms with E-state index in [1.807, 2.05) is 29.6 Å². The molecule has 0 saturated heterocycles. The number of carbonyl (C=O) groups excluding carboxylic acids is 1. The molecule has 0 radical (unpaired) electrons. The largest absolute Gasteiger partial charge is 0.494 e. The van der Waals surface area contributed by atoms with Crippen LogP contribution in [0.3, 0.4) is 0 Å². The molecule has 0 spiro atoms. The van der Waals surface area contributed by atoms with Crippen LogP contribution in [-0.4, -0.2) is 28.9 Å². The van der Waals surface area contributed by atoms with Crippen molar-refractivity contribution in [2.75, 3.05) is 18.5 Å². The van der Waals surface area contributed by atoms with Crippen LogP contribution in [0.5, 0.6) is 5.75 Å². The van der Waals surface area contributed by atoms with Crippen LogP contribution < -0.4 is 10.1 Å². The lowest BCUT2D eigenvalue weighted by Crippen LogP contribution is -2.08. The number of carbonyl (C=O) groups is 1. The summed E-state index contributed by atoms with van der Waals surface area (Å²) in [5, 5.41) is 6.35. The number of aromatic nitrogens is 2. The zero-order valence-electron chi connectivity index (χ0n) is 17.1. The molecule has 2 aromatic heterocycles. The third-order valence-electron chi connectivity index (χ3n) is 4.78. The molecule has 0 aliphatic carbocycles. The molecule has 7 heteroatoms. The number of hydrogen-bond acceptors (Lipinski definition) is 6. The van der Waals surface area contributed by atoms with Crippen LogP contribution in [0.4, 0.5) is 10.2 Å². The molecule has 158 valence electrons. The maximum absolute atomic E-state index is 13.3. The number of thiophene rings is 1. The van der Waals surface area contributed by atoms with Gasteiger partial charge in [-0.05, 0) is 48.7 Å². The van der Waals surface area contributed by atoms with Gasteiger partial charge in [-0.2, -0.15) is 0 Å². The molecule has 0 saturated carbocycles. The van der Waals surface area contributed by atoms with Crippen molar-refractivity contribution in [1.82, 2.24) is 9.97 Å². The van der Waals surface area contributed by atoms with E-state index in [1.165, 1.54) is 12.1 Å². The number of ketones is 1. The highest BCUT2D eigenvalue weighted by Gasteiger charge is 2.13. The molecule has 31 heavy (non-hydrogen) atoms. The van der Waals surface area contributed by atoms with Crippen LogP contribution in [0.1, 0.15) is 18.9 Å². The van der Waals surface area contributed by atoms with Crippen LogP contribution in [0.25, 0.3) is 21.3 Å². The Morgan fingerprint density at radius 2 is 1.87 bits per heavy atom. The number of nitrogens with zero attached hydrogens (tertiary/aromatic N) is 2. The molecule has 2 heterocycles. The van der Waals surface area contributed by atoms with Gasteiger partial charge in [-0.1, -0.05) is 24.3 Å². The Morgan fingerprint density at radius 1 is 1.10 bits per heavy atom. The maximum atomic E-state index is 13.3. The Hall–Kier alpha value is -3.32. The lowest BCUT2D eigenvalue weighted by atomic mass is 10.1. The Kier molecular flexibility index (Phi) is 6.52. The highest BCUT2D eigenvalue weighted by Crippen LogP contribution is 2.36. The first kappa shape index (κ1) is 20.9. The van der Waals surface area contributed by atoms with Gasteiger partial charge in [0.1, 0.15) is 34.3 Å². The topological polar surface area (TPSA) is 64.1 Å². The standard InChI is InChI=1S/C24H22FN3O2S/c1-16(29)13-17-3-9-20(10-4-17)30-12-2-11-26-23-22-21(14-31-24(22)28-15-27-23)18-5-7-19(25)8-6-18/h3-10,14-15H,2,11-13H2,1H3,(H,26,27,28). The summed E-state index contributed by atoms with van der Waals surface area (Å²) in [6.07, 6.45) is 2.78. The van der Waals surface area contributed by atoms with E-state index in [9.17, 15) is 9.18 Å². The summed E-state index contributed by atoms with van der Waals surface area (Å²) in [4.78, 5) is 20.8. The molecule has 0 amide bonds. The molecule has 0 aliphatic heterocycles. The fourth-order valence-electron chi connectivity index (χ4n) is 3.31. The highest BCUT2D eigenvalue weighted by atomic mass is 32.1. The molecular weight excluding hydrogens is 413 g/mol. The van der Waals surface area contributed by atoms with E-state index in [0.717, 1.165) is 44.9 Å². The van der Waals surface area contributed by atoms with Crippen LogP contribution in [-0.2, 0) is 11.2 Å². The fraction of sp³-hybridized carbons (Fsp3) is 0.208. The van der Waals surface area contributed by atoms with Gasteiger partial charge in [0.2, 0.25) is 0 Å². The van der Waals surface area contributed by atoms with E-state index >= 15 is 0 Å². The van der Waals surface area contributed by atoms with Crippen LogP contribution in [0.2, 0.25) is 0 Å². The van der Waals surface area contributed by atoms with E-state index in [1.54, 1.807) is 36.7 Å². The molecule has 0 fully saturated rings. The Morgan fingerprint density at radius 3 is 2.61 bits per heavy atom. The number of ether oxygens (including phenoxy) is 1. The van der Waals surface area contributed by atoms with Gasteiger partial charge < -0.3 is 10.1 Å². The Labute approximate surface area is 183 Å². The average Bonchev–Trinajstić information content (AvgIpc) is 3.20. The first-order chi connectivity index (χ1) is 15.1. The van der Waals surface area contributed by atoms with E-state index in [4.69, 9.17) is 4.74 Å². The fourth-order valence-corrected chi connectivity index (χ4v) is 4.23. The Balaban J connectivity index is 1.35. The van der Waals surface area contributed by atoms with Crippen molar-refractivity contribution in [3.8, 4) is 16.9 Å². The summed E-state index contributed by atoms with van der Waals surface area (Å²) in [6.45, 7) is 2.83. The lowest BCUT2D eigenvalue weighted by molar-refractivity contribution is -0.116. The summed E-state index contributed by atoms with van der Waals surface area (Å²) < 4.78 is 19.1. The van der Waals surface area contributed by atoms with Crippen molar-refractivity contribution in [3.05, 3.63) is 71.6 Å². The zero-order chi connectivity index (χ0) is 21.6. The number of benzene rings is 2. The van der Waals surface area contributed by atoms with Gasteiger partial charge in [-0.15, -0.1) is 11.3 Å². The maximum Gasteiger partial charge on any atom is 0.138 e. The van der Waals surface area contributed by atoms with Crippen molar-refractivity contribution in [2.24, 2.45) is 0 Å². The minimum absolute atomic E-state index is 0.145. The number of hydrogen-bond donors (Lipinski definition) is 1. The monoisotopic (exact) mass is 435 g/mol. The summed E-state index contributed by atoms with van der Waals surface area (Å²) in [7, 11) is 0. The predicted octanol–water partition coefficient (Wildman–Crippen LogP) is 5.51. The van der Waals surface area contributed by atoms with Crippen molar-refractivity contribution in [1.29, 1.82) is 0 Å². The first-order valence-corrected chi connectivity index (χ1v) is 10.9. The third kappa shape index (κ3) is 5.24. The van der Waals surface area contributed by atoms with Gasteiger partial charge in [0.25, 0.3) is 0 Å². The summed E-state index contributed by atoms with van der Waals surface area (Å²) in [5.41, 5.74) is 2.91.